The topological polar surface area (TPSA) is 46.4 Å². The van der Waals surface area contributed by atoms with Crippen LogP contribution >= 0.6 is 0 Å². The number of imidazole rings is 1. The van der Waals surface area contributed by atoms with Crippen LogP contribution < -0.4 is 5.32 Å². The molecule has 128 valence electrons. The average Bonchev–Trinajstić information content (AvgIpc) is 3.02. The molecule has 0 atom stereocenters. The van der Waals surface area contributed by atoms with E-state index in [1.54, 1.807) is 0 Å². The molecule has 1 aromatic carbocycles. The number of benzene rings is 1. The van der Waals surface area contributed by atoms with Gasteiger partial charge < -0.3 is 9.72 Å². The Morgan fingerprint density at radius 3 is 2.88 bits per heavy atom. The molecule has 4 heteroatoms. The summed E-state index contributed by atoms with van der Waals surface area (Å²) in [4.78, 5) is 16.8. The lowest BCUT2D eigenvalue weighted by Gasteiger charge is -2.16. The Bertz CT molecular complexity index is 926. The molecule has 0 aliphatic heterocycles. The Kier molecular flexibility index (Phi) is 4.26. The van der Waals surface area contributed by atoms with Gasteiger partial charge in [0.1, 0.15) is 5.65 Å². The van der Waals surface area contributed by atoms with E-state index in [4.69, 9.17) is 0 Å². The van der Waals surface area contributed by atoms with Crippen LogP contribution in [-0.4, -0.2) is 15.3 Å². The summed E-state index contributed by atoms with van der Waals surface area (Å²) in [5, 5.41) is 2.99. The predicted octanol–water partition coefficient (Wildman–Crippen LogP) is 3.38. The van der Waals surface area contributed by atoms with Crippen LogP contribution in [0.15, 0.2) is 42.7 Å². The molecular weight excluding hydrogens is 310 g/mol. The minimum atomic E-state index is 0.0454. The summed E-state index contributed by atoms with van der Waals surface area (Å²) in [6, 6.07) is 10.6. The van der Waals surface area contributed by atoms with Crippen LogP contribution in [0.2, 0.25) is 0 Å². The zero-order chi connectivity index (χ0) is 17.2. The maximum atomic E-state index is 12.3. The molecule has 0 saturated heterocycles. The quantitative estimate of drug-likeness (QED) is 0.795. The number of carbonyl (C=O) groups is 1. The first-order chi connectivity index (χ1) is 12.2. The van der Waals surface area contributed by atoms with Crippen molar-refractivity contribution < 1.29 is 4.79 Å². The van der Waals surface area contributed by atoms with Crippen molar-refractivity contribution in [2.24, 2.45) is 0 Å². The molecule has 1 aliphatic rings. The van der Waals surface area contributed by atoms with E-state index < -0.39 is 0 Å². The first-order valence-corrected chi connectivity index (χ1v) is 8.99. The van der Waals surface area contributed by atoms with Gasteiger partial charge in [0.05, 0.1) is 18.7 Å². The highest BCUT2D eigenvalue weighted by Crippen LogP contribution is 2.22. The summed E-state index contributed by atoms with van der Waals surface area (Å²) < 4.78 is 1.98. The second kappa shape index (κ2) is 6.71. The van der Waals surface area contributed by atoms with E-state index in [0.29, 0.717) is 13.0 Å². The molecule has 1 aliphatic carbocycles. The van der Waals surface area contributed by atoms with Crippen molar-refractivity contribution in [3.8, 4) is 0 Å². The largest absolute Gasteiger partial charge is 0.350 e. The number of aromatic nitrogens is 2. The standard InChI is InChI=1S/C21H23N3O/c1-15-8-9-24-14-19(23-20(24)10-15)13-22-21(25)12-16-6-7-17-4-2-3-5-18(17)11-16/h6-11,14H,2-5,12-13H2,1H3,(H,22,25). The fourth-order valence-corrected chi connectivity index (χ4v) is 3.56. The van der Waals surface area contributed by atoms with Gasteiger partial charge in [-0.25, -0.2) is 4.98 Å². The van der Waals surface area contributed by atoms with Gasteiger partial charge in [-0.15, -0.1) is 0 Å². The first-order valence-electron chi connectivity index (χ1n) is 8.99. The highest BCUT2D eigenvalue weighted by molar-refractivity contribution is 5.78. The molecule has 0 bridgehead atoms. The van der Waals surface area contributed by atoms with E-state index in [2.05, 4.69) is 35.4 Å². The Hall–Kier alpha value is -2.62. The molecule has 25 heavy (non-hydrogen) atoms. The second-order valence-electron chi connectivity index (χ2n) is 6.97. The van der Waals surface area contributed by atoms with E-state index in [0.717, 1.165) is 23.3 Å². The predicted molar refractivity (Wildman–Crippen MR) is 98.6 cm³/mol. The highest BCUT2D eigenvalue weighted by atomic mass is 16.1. The number of nitrogens with one attached hydrogen (secondary N) is 1. The van der Waals surface area contributed by atoms with Crippen LogP contribution in [-0.2, 0) is 30.6 Å². The molecule has 2 aromatic heterocycles. The number of hydrogen-bond donors (Lipinski definition) is 1. The molecule has 4 nitrogen and oxygen atoms in total. The van der Waals surface area contributed by atoms with Crippen molar-refractivity contribution in [2.75, 3.05) is 0 Å². The van der Waals surface area contributed by atoms with E-state index in [1.807, 2.05) is 28.9 Å². The Balaban J connectivity index is 1.38. The van der Waals surface area contributed by atoms with Crippen molar-refractivity contribution in [1.29, 1.82) is 0 Å². The Morgan fingerprint density at radius 2 is 2.00 bits per heavy atom. The third-order valence-electron chi connectivity index (χ3n) is 4.91. The van der Waals surface area contributed by atoms with Crippen LogP contribution in [0, 0.1) is 6.92 Å². The summed E-state index contributed by atoms with van der Waals surface area (Å²) in [5.74, 6) is 0.0454. The molecule has 3 aromatic rings. The first kappa shape index (κ1) is 15.9. The fraction of sp³-hybridized carbons (Fsp3) is 0.333. The van der Waals surface area contributed by atoms with Crippen molar-refractivity contribution in [1.82, 2.24) is 14.7 Å². The van der Waals surface area contributed by atoms with Gasteiger partial charge >= 0.3 is 0 Å². The normalized spacial score (nSPS) is 13.6. The van der Waals surface area contributed by atoms with Gasteiger partial charge in [0.2, 0.25) is 5.91 Å². The lowest BCUT2D eigenvalue weighted by molar-refractivity contribution is -0.120. The number of aryl methyl sites for hydroxylation is 3. The van der Waals surface area contributed by atoms with E-state index in [-0.39, 0.29) is 5.91 Å². The molecule has 0 saturated carbocycles. The van der Waals surface area contributed by atoms with Gasteiger partial charge in [-0.3, -0.25) is 4.79 Å². The van der Waals surface area contributed by atoms with Crippen molar-refractivity contribution in [3.63, 3.8) is 0 Å². The molecule has 4 rings (SSSR count). The molecule has 0 radical (unpaired) electrons. The average molecular weight is 333 g/mol. The van der Waals surface area contributed by atoms with Gasteiger partial charge in [-0.05, 0) is 67.0 Å². The SMILES string of the molecule is Cc1ccn2cc(CNC(=O)Cc3ccc4c(c3)CCCC4)nc2c1. The zero-order valence-corrected chi connectivity index (χ0v) is 14.6. The molecule has 0 spiro atoms. The van der Waals surface area contributed by atoms with Crippen LogP contribution in [0.1, 0.15) is 40.8 Å². The monoisotopic (exact) mass is 333 g/mol. The summed E-state index contributed by atoms with van der Waals surface area (Å²) in [5.41, 5.74) is 6.95. The number of pyridine rings is 1. The van der Waals surface area contributed by atoms with Gasteiger partial charge in [-0.1, -0.05) is 18.2 Å². The van der Waals surface area contributed by atoms with Crippen LogP contribution in [0.5, 0.6) is 0 Å². The van der Waals surface area contributed by atoms with Crippen molar-refractivity contribution >= 4 is 11.6 Å². The minimum absolute atomic E-state index is 0.0454. The van der Waals surface area contributed by atoms with Crippen LogP contribution in [0.3, 0.4) is 0 Å². The van der Waals surface area contributed by atoms with Gasteiger partial charge in [0.15, 0.2) is 0 Å². The lowest BCUT2D eigenvalue weighted by atomic mass is 9.90. The third kappa shape index (κ3) is 3.58. The number of fused-ring (bicyclic) bond motifs is 2. The Morgan fingerprint density at radius 1 is 1.16 bits per heavy atom. The van der Waals surface area contributed by atoms with Crippen LogP contribution in [0.4, 0.5) is 0 Å². The smallest absolute Gasteiger partial charge is 0.224 e. The van der Waals surface area contributed by atoms with Gasteiger partial charge in [0, 0.05) is 12.4 Å². The number of rotatable bonds is 4. The van der Waals surface area contributed by atoms with E-state index >= 15 is 0 Å². The number of amides is 1. The third-order valence-corrected chi connectivity index (χ3v) is 4.91. The molecule has 1 N–H and O–H groups in total. The summed E-state index contributed by atoms with van der Waals surface area (Å²) >= 11 is 0. The second-order valence-corrected chi connectivity index (χ2v) is 6.97. The summed E-state index contributed by atoms with van der Waals surface area (Å²) in [6.07, 6.45) is 9.26. The molecule has 0 fully saturated rings. The Labute approximate surface area is 147 Å². The van der Waals surface area contributed by atoms with E-state index in [9.17, 15) is 4.79 Å². The highest BCUT2D eigenvalue weighted by Gasteiger charge is 2.11. The number of carbonyl (C=O) groups excluding carboxylic acids is 1. The minimum Gasteiger partial charge on any atom is -0.350 e. The summed E-state index contributed by atoms with van der Waals surface area (Å²) in [7, 11) is 0. The maximum Gasteiger partial charge on any atom is 0.224 e. The van der Waals surface area contributed by atoms with Gasteiger partial charge in [0.25, 0.3) is 0 Å². The number of nitrogens with zero attached hydrogens (tertiary/aromatic N) is 2. The molecule has 1 amide bonds. The van der Waals surface area contributed by atoms with E-state index in [1.165, 1.54) is 36.0 Å². The zero-order valence-electron chi connectivity index (χ0n) is 14.6. The molecular formula is C21H23N3O. The summed E-state index contributed by atoms with van der Waals surface area (Å²) in [6.45, 7) is 2.51. The van der Waals surface area contributed by atoms with Gasteiger partial charge in [-0.2, -0.15) is 0 Å². The molecule has 0 unspecified atom stereocenters. The maximum absolute atomic E-state index is 12.3. The fourth-order valence-electron chi connectivity index (χ4n) is 3.56. The van der Waals surface area contributed by atoms with Crippen LogP contribution in [0.25, 0.3) is 5.65 Å². The molecule has 2 heterocycles. The van der Waals surface area contributed by atoms with Crippen molar-refractivity contribution in [3.05, 3.63) is 70.7 Å². The van der Waals surface area contributed by atoms with Crippen molar-refractivity contribution in [2.45, 2.75) is 45.6 Å². The number of hydrogen-bond acceptors (Lipinski definition) is 2. The lowest BCUT2D eigenvalue weighted by Crippen LogP contribution is -2.24.